The third-order valence-electron chi connectivity index (χ3n) is 7.75. The minimum atomic E-state index is -3.39. The van der Waals surface area contributed by atoms with Gasteiger partial charge in [0.15, 0.2) is 0 Å². The van der Waals surface area contributed by atoms with Crippen LogP contribution in [0.3, 0.4) is 0 Å². The predicted molar refractivity (Wildman–Crippen MR) is 103 cm³/mol. The van der Waals surface area contributed by atoms with Gasteiger partial charge in [0.05, 0.1) is 12.9 Å². The van der Waals surface area contributed by atoms with E-state index in [9.17, 15) is 8.42 Å². The molecule has 3 nitrogen and oxygen atoms in total. The molecule has 0 radical (unpaired) electrons. The lowest BCUT2D eigenvalue weighted by atomic mass is 9.44. The first kappa shape index (κ1) is 19.2. The third kappa shape index (κ3) is 3.25. The molecule has 0 aromatic heterocycles. The lowest BCUT2D eigenvalue weighted by Crippen LogP contribution is -2.53. The van der Waals surface area contributed by atoms with Crippen LogP contribution in [-0.4, -0.2) is 21.3 Å². The molecule has 4 heteroatoms. The molecule has 3 aliphatic rings. The van der Waals surface area contributed by atoms with Gasteiger partial charge in [-0.05, 0) is 66.6 Å². The Kier molecular flexibility index (Phi) is 4.77. The summed E-state index contributed by atoms with van der Waals surface area (Å²) in [5.74, 6) is 1.09. The number of hydrogen-bond acceptors (Lipinski definition) is 3. The Morgan fingerprint density at radius 1 is 1.24 bits per heavy atom. The lowest BCUT2D eigenvalue weighted by molar-refractivity contribution is -0.0554. The number of allylic oxidation sites excluding steroid dienone is 3. The molecular formula is C21H34O3S. The molecule has 0 amide bonds. The van der Waals surface area contributed by atoms with Crippen molar-refractivity contribution >= 4 is 10.1 Å². The molecule has 0 N–H and O–H groups in total. The van der Waals surface area contributed by atoms with Crippen LogP contribution in [0.1, 0.15) is 65.7 Å². The first-order valence-electron chi connectivity index (χ1n) is 9.73. The number of rotatable bonds is 4. The van der Waals surface area contributed by atoms with E-state index in [4.69, 9.17) is 4.18 Å². The van der Waals surface area contributed by atoms with Gasteiger partial charge in [0, 0.05) is 0 Å². The van der Waals surface area contributed by atoms with Crippen LogP contribution in [0.5, 0.6) is 0 Å². The van der Waals surface area contributed by atoms with E-state index in [2.05, 4.69) is 39.5 Å². The average Bonchev–Trinajstić information content (AvgIpc) is 2.53. The zero-order valence-corrected chi connectivity index (χ0v) is 17.1. The molecule has 2 saturated carbocycles. The molecule has 0 aromatic rings. The van der Waals surface area contributed by atoms with Gasteiger partial charge < -0.3 is 0 Å². The van der Waals surface area contributed by atoms with Crippen molar-refractivity contribution in [3.8, 4) is 0 Å². The van der Waals surface area contributed by atoms with Crippen LogP contribution in [0.25, 0.3) is 0 Å². The Hall–Kier alpha value is -0.610. The summed E-state index contributed by atoms with van der Waals surface area (Å²) in [4.78, 5) is 0. The zero-order valence-electron chi connectivity index (χ0n) is 16.3. The second-order valence-corrected chi connectivity index (χ2v) is 11.1. The minimum absolute atomic E-state index is 0.0656. The highest BCUT2D eigenvalue weighted by Gasteiger charge is 2.56. The highest BCUT2D eigenvalue weighted by Crippen LogP contribution is 2.65. The largest absolute Gasteiger partial charge is 0.270 e. The van der Waals surface area contributed by atoms with Crippen LogP contribution in [0.4, 0.5) is 0 Å². The summed E-state index contributed by atoms with van der Waals surface area (Å²) in [6, 6.07) is 0. The molecule has 142 valence electrons. The van der Waals surface area contributed by atoms with E-state index in [0.717, 1.165) is 31.9 Å². The van der Waals surface area contributed by atoms with Gasteiger partial charge in [-0.25, -0.2) is 0 Å². The summed E-state index contributed by atoms with van der Waals surface area (Å²) in [7, 11) is -3.39. The highest BCUT2D eigenvalue weighted by atomic mass is 32.2. The molecule has 25 heavy (non-hydrogen) atoms. The summed E-state index contributed by atoms with van der Waals surface area (Å²) < 4.78 is 28.4. The SMILES string of the molecule is C=C[C@@]1(C)CCC=C2C1CCC1[C@](C)(COS(C)(=O)=O)CCC[C@@]21C. The van der Waals surface area contributed by atoms with Gasteiger partial charge in [0.2, 0.25) is 0 Å². The highest BCUT2D eigenvalue weighted by molar-refractivity contribution is 7.85. The van der Waals surface area contributed by atoms with Crippen molar-refractivity contribution < 1.29 is 12.6 Å². The normalized spacial score (nSPS) is 44.4. The number of fused-ring (bicyclic) bond motifs is 3. The van der Waals surface area contributed by atoms with Crippen molar-refractivity contribution in [2.75, 3.05) is 12.9 Å². The second-order valence-electron chi connectivity index (χ2n) is 9.48. The quantitative estimate of drug-likeness (QED) is 0.514. The molecule has 2 unspecified atom stereocenters. The van der Waals surface area contributed by atoms with Crippen LogP contribution in [-0.2, 0) is 14.3 Å². The summed E-state index contributed by atoms with van der Waals surface area (Å²) in [5.41, 5.74) is 1.93. The van der Waals surface area contributed by atoms with Crippen LogP contribution in [0, 0.1) is 28.1 Å². The average molecular weight is 367 g/mol. The Labute approximate surface area is 154 Å². The standard InChI is InChI=1S/C21H34O3S/c1-6-19(2)12-7-9-17-16(19)10-11-18-20(3,15-24-25(5,22)23)13-8-14-21(17,18)4/h6,9,16,18H,1,7-8,10-15H2,2-5H3/t16?,18?,19-,20-,21-/m0/s1. The first-order valence-corrected chi connectivity index (χ1v) is 11.5. The monoisotopic (exact) mass is 366 g/mol. The van der Waals surface area contributed by atoms with E-state index in [1.165, 1.54) is 19.3 Å². The molecule has 2 fully saturated rings. The van der Waals surface area contributed by atoms with Gasteiger partial charge in [0.25, 0.3) is 10.1 Å². The molecule has 3 rings (SSSR count). The topological polar surface area (TPSA) is 43.4 Å². The molecule has 0 aromatic carbocycles. The molecule has 3 aliphatic carbocycles. The van der Waals surface area contributed by atoms with Gasteiger partial charge in [-0.1, -0.05) is 44.9 Å². The van der Waals surface area contributed by atoms with Gasteiger partial charge in [-0.15, -0.1) is 6.58 Å². The van der Waals surface area contributed by atoms with E-state index >= 15 is 0 Å². The summed E-state index contributed by atoms with van der Waals surface area (Å²) >= 11 is 0. The van der Waals surface area contributed by atoms with Gasteiger partial charge in [0.1, 0.15) is 0 Å². The molecule has 5 atom stereocenters. The maximum absolute atomic E-state index is 11.6. The molecule has 0 aliphatic heterocycles. The Morgan fingerprint density at radius 3 is 2.60 bits per heavy atom. The van der Waals surface area contributed by atoms with Crippen molar-refractivity contribution in [3.63, 3.8) is 0 Å². The molecular weight excluding hydrogens is 332 g/mol. The fourth-order valence-electron chi connectivity index (χ4n) is 6.31. The first-order chi connectivity index (χ1) is 11.5. The maximum Gasteiger partial charge on any atom is 0.264 e. The summed E-state index contributed by atoms with van der Waals surface area (Å²) in [5, 5.41) is 0. The Bertz CT molecular complexity index is 679. The molecule has 0 bridgehead atoms. The van der Waals surface area contributed by atoms with Gasteiger partial charge in [-0.2, -0.15) is 8.42 Å². The van der Waals surface area contributed by atoms with E-state index < -0.39 is 10.1 Å². The molecule has 0 saturated heterocycles. The second kappa shape index (κ2) is 6.23. The van der Waals surface area contributed by atoms with Gasteiger partial charge >= 0.3 is 0 Å². The smallest absolute Gasteiger partial charge is 0.264 e. The van der Waals surface area contributed by atoms with E-state index in [-0.39, 0.29) is 16.2 Å². The van der Waals surface area contributed by atoms with Crippen LogP contribution in [0.15, 0.2) is 24.3 Å². The third-order valence-corrected chi connectivity index (χ3v) is 8.29. The van der Waals surface area contributed by atoms with E-state index in [1.54, 1.807) is 5.57 Å². The Balaban J connectivity index is 1.93. The fourth-order valence-corrected chi connectivity index (χ4v) is 6.79. The zero-order chi connectivity index (χ0) is 18.5. The van der Waals surface area contributed by atoms with Crippen molar-refractivity contribution in [2.45, 2.75) is 65.7 Å². The maximum atomic E-state index is 11.6. The van der Waals surface area contributed by atoms with Crippen molar-refractivity contribution in [1.82, 2.24) is 0 Å². The van der Waals surface area contributed by atoms with E-state index in [0.29, 0.717) is 18.4 Å². The lowest BCUT2D eigenvalue weighted by Gasteiger charge is -2.60. The van der Waals surface area contributed by atoms with Crippen molar-refractivity contribution in [1.29, 1.82) is 0 Å². The summed E-state index contributed by atoms with van der Waals surface area (Å²) in [6.07, 6.45) is 13.9. The predicted octanol–water partition coefficient (Wildman–Crippen LogP) is 5.10. The molecule has 0 heterocycles. The van der Waals surface area contributed by atoms with Crippen LogP contribution >= 0.6 is 0 Å². The molecule has 0 spiro atoms. The van der Waals surface area contributed by atoms with Crippen molar-refractivity contribution in [2.24, 2.45) is 28.1 Å². The minimum Gasteiger partial charge on any atom is -0.270 e. The van der Waals surface area contributed by atoms with E-state index in [1.807, 2.05) is 0 Å². The van der Waals surface area contributed by atoms with Gasteiger partial charge in [-0.3, -0.25) is 4.18 Å². The van der Waals surface area contributed by atoms with Crippen LogP contribution in [0.2, 0.25) is 0 Å². The Morgan fingerprint density at radius 2 is 1.96 bits per heavy atom. The number of hydrogen-bond donors (Lipinski definition) is 0. The van der Waals surface area contributed by atoms with Crippen molar-refractivity contribution in [3.05, 3.63) is 24.3 Å². The fraction of sp³-hybridized carbons (Fsp3) is 0.810. The summed E-state index contributed by atoms with van der Waals surface area (Å²) in [6.45, 7) is 11.5. The van der Waals surface area contributed by atoms with Crippen LogP contribution < -0.4 is 0 Å².